The standard InChI is InChI=1S/C27H25ClN6O2S/c28-21-8-6-20(7-9-21)26(36)33-16-14-32(15-17-33)23-12-10-22(11-13-23)31-25(35)18-37-27-29-19-30-34(27)24-4-2-1-3-5-24/h1-13,19H,14-18H2,(H,31,35)/p+1. The van der Waals surface area contributed by atoms with Crippen molar-refractivity contribution in [2.45, 2.75) is 5.16 Å². The summed E-state index contributed by atoms with van der Waals surface area (Å²) in [6.07, 6.45) is 1.61. The first-order valence-electron chi connectivity index (χ1n) is 11.9. The molecule has 0 aliphatic carbocycles. The van der Waals surface area contributed by atoms with Crippen LogP contribution in [0, 0.1) is 0 Å². The maximum absolute atomic E-state index is 12.7. The SMILES string of the molecule is O=C(CSc1nc[nH][n+]1-c1ccccc1)Nc1ccc(N2CCN(C(=O)c3ccc(Cl)cc3)CC2)cc1. The average molecular weight is 534 g/mol. The molecular formula is C27H26ClN6O2S+. The molecule has 2 heterocycles. The third-order valence-electron chi connectivity index (χ3n) is 6.07. The average Bonchev–Trinajstić information content (AvgIpc) is 3.42. The van der Waals surface area contributed by atoms with Crippen molar-refractivity contribution in [2.75, 3.05) is 42.1 Å². The van der Waals surface area contributed by atoms with Crippen LogP contribution in [0.4, 0.5) is 11.4 Å². The van der Waals surface area contributed by atoms with Gasteiger partial charge in [0.2, 0.25) is 12.2 Å². The van der Waals surface area contributed by atoms with E-state index in [0.29, 0.717) is 28.8 Å². The molecule has 1 aliphatic heterocycles. The van der Waals surface area contributed by atoms with Crippen molar-refractivity contribution in [3.05, 3.63) is 95.8 Å². The van der Waals surface area contributed by atoms with Gasteiger partial charge in [-0.15, -0.1) is 4.68 Å². The molecule has 37 heavy (non-hydrogen) atoms. The van der Waals surface area contributed by atoms with Gasteiger partial charge in [0, 0.05) is 48.1 Å². The van der Waals surface area contributed by atoms with Gasteiger partial charge in [0.1, 0.15) is 0 Å². The smallest absolute Gasteiger partial charge is 0.368 e. The molecule has 1 saturated heterocycles. The lowest BCUT2D eigenvalue weighted by Gasteiger charge is -2.36. The van der Waals surface area contributed by atoms with Crippen LogP contribution in [0.5, 0.6) is 0 Å². The van der Waals surface area contributed by atoms with E-state index in [9.17, 15) is 9.59 Å². The highest BCUT2D eigenvalue weighted by Gasteiger charge is 2.23. The van der Waals surface area contributed by atoms with E-state index in [-0.39, 0.29) is 17.6 Å². The number of hydrogen-bond acceptors (Lipinski definition) is 5. The highest BCUT2D eigenvalue weighted by molar-refractivity contribution is 7.99. The van der Waals surface area contributed by atoms with Gasteiger partial charge in [-0.05, 0) is 77.4 Å². The second-order valence-electron chi connectivity index (χ2n) is 8.51. The number of aromatic nitrogens is 3. The minimum absolute atomic E-state index is 0.0244. The number of nitrogens with zero attached hydrogens (tertiary/aromatic N) is 4. The van der Waals surface area contributed by atoms with Crippen LogP contribution in [0.1, 0.15) is 10.4 Å². The number of thioether (sulfide) groups is 1. The lowest BCUT2D eigenvalue weighted by atomic mass is 10.1. The van der Waals surface area contributed by atoms with Gasteiger partial charge >= 0.3 is 5.16 Å². The number of H-pyrrole nitrogens is 1. The number of rotatable bonds is 7. The summed E-state index contributed by atoms with van der Waals surface area (Å²) in [6.45, 7) is 2.78. The molecule has 0 radical (unpaired) electrons. The molecule has 10 heteroatoms. The largest absolute Gasteiger partial charge is 0.385 e. The van der Waals surface area contributed by atoms with Gasteiger partial charge in [-0.1, -0.05) is 29.8 Å². The summed E-state index contributed by atoms with van der Waals surface area (Å²) in [7, 11) is 0. The predicted molar refractivity (Wildman–Crippen MR) is 145 cm³/mol. The van der Waals surface area contributed by atoms with Gasteiger partial charge in [0.15, 0.2) is 5.69 Å². The zero-order valence-electron chi connectivity index (χ0n) is 20.0. The second kappa shape index (κ2) is 11.5. The summed E-state index contributed by atoms with van der Waals surface area (Å²) in [5.74, 6) is 0.161. The van der Waals surface area contributed by atoms with Crippen molar-refractivity contribution in [1.29, 1.82) is 0 Å². The Labute approximate surface area is 224 Å². The summed E-state index contributed by atoms with van der Waals surface area (Å²) in [6, 6.07) is 24.6. The van der Waals surface area contributed by atoms with Crippen molar-refractivity contribution < 1.29 is 14.3 Å². The molecule has 1 aromatic heterocycles. The molecule has 8 nitrogen and oxygen atoms in total. The summed E-state index contributed by atoms with van der Waals surface area (Å²) in [5.41, 5.74) is 3.40. The Morgan fingerprint density at radius 1 is 0.946 bits per heavy atom. The van der Waals surface area contributed by atoms with Crippen LogP contribution >= 0.6 is 23.4 Å². The number of piperazine rings is 1. The van der Waals surface area contributed by atoms with Crippen LogP contribution in [0.15, 0.2) is 90.3 Å². The number of para-hydroxylation sites is 1. The van der Waals surface area contributed by atoms with E-state index in [2.05, 4.69) is 20.3 Å². The Kier molecular flexibility index (Phi) is 7.72. The van der Waals surface area contributed by atoms with Gasteiger partial charge < -0.3 is 15.1 Å². The fraction of sp³-hybridized carbons (Fsp3) is 0.185. The number of amides is 2. The molecule has 0 spiro atoms. The van der Waals surface area contributed by atoms with Crippen LogP contribution < -0.4 is 14.9 Å². The first-order chi connectivity index (χ1) is 18.1. The van der Waals surface area contributed by atoms with Gasteiger partial charge in [-0.3, -0.25) is 9.59 Å². The first kappa shape index (κ1) is 24.9. The Bertz CT molecular complexity index is 1350. The minimum Gasteiger partial charge on any atom is -0.368 e. The van der Waals surface area contributed by atoms with Crippen molar-refractivity contribution in [1.82, 2.24) is 15.0 Å². The van der Waals surface area contributed by atoms with Crippen LogP contribution in [0.3, 0.4) is 0 Å². The van der Waals surface area contributed by atoms with E-state index in [0.717, 1.165) is 30.2 Å². The Morgan fingerprint density at radius 3 is 2.35 bits per heavy atom. The van der Waals surface area contributed by atoms with E-state index in [1.807, 2.05) is 64.2 Å². The maximum atomic E-state index is 12.7. The molecule has 0 atom stereocenters. The monoisotopic (exact) mass is 533 g/mol. The van der Waals surface area contributed by atoms with Gasteiger partial charge in [0.05, 0.1) is 5.75 Å². The van der Waals surface area contributed by atoms with E-state index >= 15 is 0 Å². The van der Waals surface area contributed by atoms with Crippen molar-refractivity contribution >= 4 is 46.6 Å². The number of aromatic amines is 1. The number of halogens is 1. The van der Waals surface area contributed by atoms with Gasteiger partial charge in [0.25, 0.3) is 5.91 Å². The summed E-state index contributed by atoms with van der Waals surface area (Å²) in [5, 5.41) is 7.36. The number of nitrogens with one attached hydrogen (secondary N) is 2. The van der Waals surface area contributed by atoms with Crippen LogP contribution in [0.25, 0.3) is 5.69 Å². The second-order valence-corrected chi connectivity index (χ2v) is 9.89. The Balaban J connectivity index is 1.11. The Hall–Kier alpha value is -3.82. The zero-order valence-corrected chi connectivity index (χ0v) is 21.6. The molecule has 3 aromatic carbocycles. The number of benzene rings is 3. The fourth-order valence-corrected chi connectivity index (χ4v) is 5.02. The molecule has 0 bridgehead atoms. The predicted octanol–water partition coefficient (Wildman–Crippen LogP) is 4.03. The molecule has 2 amide bonds. The minimum atomic E-state index is -0.102. The van der Waals surface area contributed by atoms with E-state index < -0.39 is 0 Å². The van der Waals surface area contributed by atoms with Gasteiger partial charge in [-0.25, -0.2) is 0 Å². The molecular weight excluding hydrogens is 508 g/mol. The third kappa shape index (κ3) is 6.12. The van der Waals surface area contributed by atoms with E-state index in [1.54, 1.807) is 30.6 Å². The van der Waals surface area contributed by atoms with Crippen LogP contribution in [0.2, 0.25) is 5.02 Å². The molecule has 1 fully saturated rings. The number of hydrogen-bond donors (Lipinski definition) is 2. The quantitative estimate of drug-likeness (QED) is 0.277. The molecule has 4 aromatic rings. The van der Waals surface area contributed by atoms with E-state index in [1.165, 1.54) is 11.8 Å². The molecule has 1 aliphatic rings. The molecule has 0 unspecified atom stereocenters. The zero-order chi connectivity index (χ0) is 25.6. The number of anilines is 2. The first-order valence-corrected chi connectivity index (χ1v) is 13.3. The fourth-order valence-electron chi connectivity index (χ4n) is 4.14. The van der Waals surface area contributed by atoms with E-state index in [4.69, 9.17) is 11.6 Å². The summed E-state index contributed by atoms with van der Waals surface area (Å²) >= 11 is 7.30. The van der Waals surface area contributed by atoms with Crippen LogP contribution in [-0.4, -0.2) is 58.7 Å². The molecule has 2 N–H and O–H groups in total. The number of carbonyl (C=O) groups is 2. The molecule has 5 rings (SSSR count). The van der Waals surface area contributed by atoms with Crippen LogP contribution in [-0.2, 0) is 4.79 Å². The number of carbonyl (C=O) groups excluding carboxylic acids is 2. The highest BCUT2D eigenvalue weighted by atomic mass is 35.5. The maximum Gasteiger partial charge on any atom is 0.385 e. The normalized spacial score (nSPS) is 13.4. The summed E-state index contributed by atoms with van der Waals surface area (Å²) < 4.78 is 1.84. The van der Waals surface area contributed by atoms with Crippen molar-refractivity contribution in [2.24, 2.45) is 0 Å². The third-order valence-corrected chi connectivity index (χ3v) is 7.28. The lowest BCUT2D eigenvalue weighted by molar-refractivity contribution is -0.694. The highest BCUT2D eigenvalue weighted by Crippen LogP contribution is 2.21. The Morgan fingerprint density at radius 2 is 1.65 bits per heavy atom. The molecule has 188 valence electrons. The van der Waals surface area contributed by atoms with Crippen molar-refractivity contribution in [3.63, 3.8) is 0 Å². The summed E-state index contributed by atoms with van der Waals surface area (Å²) in [4.78, 5) is 33.7. The topological polar surface area (TPSA) is 85.2 Å². The van der Waals surface area contributed by atoms with Gasteiger partial charge in [-0.2, -0.15) is 5.10 Å². The lowest BCUT2D eigenvalue weighted by Crippen LogP contribution is -2.48. The molecule has 0 saturated carbocycles. The van der Waals surface area contributed by atoms with Crippen molar-refractivity contribution in [3.8, 4) is 5.69 Å².